The van der Waals surface area contributed by atoms with Gasteiger partial charge < -0.3 is 4.74 Å². The van der Waals surface area contributed by atoms with E-state index in [1.165, 1.54) is 11.1 Å². The second-order valence-corrected chi connectivity index (χ2v) is 8.07. The first-order valence-electron chi connectivity index (χ1n) is 10.6. The summed E-state index contributed by atoms with van der Waals surface area (Å²) in [5.74, 6) is 0.659. The van der Waals surface area contributed by atoms with E-state index >= 15 is 0 Å². The van der Waals surface area contributed by atoms with Gasteiger partial charge in [-0.1, -0.05) is 72.5 Å². The zero-order chi connectivity index (χ0) is 20.2. The SMILES string of the molecule is C.C.C.CC(C)NCOC1CCN(Cc2cccnc2)CC1.CC(C)c1ccccc1.[Y]. The van der Waals surface area contributed by atoms with Crippen molar-refractivity contribution < 1.29 is 37.4 Å². The first-order chi connectivity index (χ1) is 13.5. The van der Waals surface area contributed by atoms with Gasteiger partial charge in [0.15, 0.2) is 0 Å². The molecule has 1 N–H and O–H groups in total. The van der Waals surface area contributed by atoms with Crippen LogP contribution in [0.4, 0.5) is 0 Å². The summed E-state index contributed by atoms with van der Waals surface area (Å²) in [6.45, 7) is 12.6. The molecule has 181 valence electrons. The Balaban J connectivity index is -0.000000560. The quantitative estimate of drug-likeness (QED) is 0.411. The van der Waals surface area contributed by atoms with Crippen molar-refractivity contribution >= 4 is 0 Å². The molecular weight excluding hydrogens is 471 g/mol. The number of nitrogens with one attached hydrogen (secondary N) is 1. The molecule has 0 atom stereocenters. The molecule has 1 aliphatic heterocycles. The van der Waals surface area contributed by atoms with Crippen LogP contribution in [-0.2, 0) is 44.0 Å². The van der Waals surface area contributed by atoms with Gasteiger partial charge in [-0.05, 0) is 49.8 Å². The Morgan fingerprint density at radius 1 is 0.969 bits per heavy atom. The smallest absolute Gasteiger partial charge is 0.0970 e. The van der Waals surface area contributed by atoms with Crippen molar-refractivity contribution in [2.75, 3.05) is 19.8 Å². The van der Waals surface area contributed by atoms with E-state index in [1.54, 1.807) is 0 Å². The van der Waals surface area contributed by atoms with Gasteiger partial charge in [-0.15, -0.1) is 0 Å². The number of likely N-dealkylation sites (tertiary alicyclic amines) is 1. The van der Waals surface area contributed by atoms with Gasteiger partial charge in [-0.2, -0.15) is 0 Å². The van der Waals surface area contributed by atoms with Crippen molar-refractivity contribution in [1.82, 2.24) is 15.2 Å². The molecule has 1 aliphatic rings. The molecule has 1 aromatic heterocycles. The zero-order valence-electron chi connectivity index (χ0n) is 18.6. The van der Waals surface area contributed by atoms with Crippen molar-refractivity contribution in [2.24, 2.45) is 0 Å². The summed E-state index contributed by atoms with van der Waals surface area (Å²) in [5.41, 5.74) is 2.71. The van der Waals surface area contributed by atoms with Crippen LogP contribution >= 0.6 is 0 Å². The van der Waals surface area contributed by atoms with Gasteiger partial charge in [0.25, 0.3) is 0 Å². The molecule has 5 heteroatoms. The second-order valence-electron chi connectivity index (χ2n) is 8.07. The Hall–Kier alpha value is -0.646. The maximum atomic E-state index is 5.84. The van der Waals surface area contributed by atoms with E-state index in [1.807, 2.05) is 24.5 Å². The minimum Gasteiger partial charge on any atom is -0.363 e. The van der Waals surface area contributed by atoms with Crippen LogP contribution in [0, 0.1) is 0 Å². The van der Waals surface area contributed by atoms with Crippen LogP contribution in [0.5, 0.6) is 0 Å². The molecule has 1 saturated heterocycles. The number of nitrogens with zero attached hydrogens (tertiary/aromatic N) is 2. The minimum absolute atomic E-state index is 0. The Labute approximate surface area is 224 Å². The van der Waals surface area contributed by atoms with Gasteiger partial charge in [-0.25, -0.2) is 0 Å². The number of pyridine rings is 1. The normalized spacial score (nSPS) is 13.6. The molecule has 1 fully saturated rings. The van der Waals surface area contributed by atoms with Gasteiger partial charge in [0, 0.05) is 70.8 Å². The molecule has 4 nitrogen and oxygen atoms in total. The monoisotopic (exact) mass is 520 g/mol. The molecular formula is C27H49N3OY. The number of piperidine rings is 1. The van der Waals surface area contributed by atoms with Gasteiger partial charge in [0.05, 0.1) is 12.8 Å². The fraction of sp³-hybridized carbons (Fsp3) is 0.593. The summed E-state index contributed by atoms with van der Waals surface area (Å²) >= 11 is 0. The van der Waals surface area contributed by atoms with Crippen LogP contribution in [0.2, 0.25) is 0 Å². The maximum Gasteiger partial charge on any atom is 0.0970 e. The van der Waals surface area contributed by atoms with Crippen LogP contribution in [0.25, 0.3) is 0 Å². The van der Waals surface area contributed by atoms with E-state index in [2.05, 4.69) is 73.2 Å². The van der Waals surface area contributed by atoms with E-state index < -0.39 is 0 Å². The fourth-order valence-electron chi connectivity index (χ4n) is 3.15. The average Bonchev–Trinajstić information content (AvgIpc) is 2.71. The topological polar surface area (TPSA) is 37.4 Å². The van der Waals surface area contributed by atoms with Crippen LogP contribution < -0.4 is 5.32 Å². The second kappa shape index (κ2) is 20.9. The summed E-state index contributed by atoms with van der Waals surface area (Å²) < 4.78 is 5.84. The summed E-state index contributed by atoms with van der Waals surface area (Å²) in [6, 6.07) is 15.2. The molecule has 0 saturated carbocycles. The molecule has 0 spiro atoms. The van der Waals surface area contributed by atoms with Crippen molar-refractivity contribution in [3.8, 4) is 0 Å². The third-order valence-corrected chi connectivity index (χ3v) is 4.94. The third kappa shape index (κ3) is 15.2. The molecule has 32 heavy (non-hydrogen) atoms. The Kier molecular flexibility index (Phi) is 23.5. The van der Waals surface area contributed by atoms with Crippen molar-refractivity contribution in [3.05, 3.63) is 66.0 Å². The third-order valence-electron chi connectivity index (χ3n) is 4.94. The predicted molar refractivity (Wildman–Crippen MR) is 137 cm³/mol. The molecule has 2 heterocycles. The van der Waals surface area contributed by atoms with Crippen LogP contribution in [-0.4, -0.2) is 41.9 Å². The Morgan fingerprint density at radius 3 is 2.06 bits per heavy atom. The van der Waals surface area contributed by atoms with E-state index in [0.717, 1.165) is 32.5 Å². The first kappa shape index (κ1) is 35.9. The molecule has 1 aromatic carbocycles. The molecule has 1 radical (unpaired) electrons. The van der Waals surface area contributed by atoms with Crippen molar-refractivity contribution in [3.63, 3.8) is 0 Å². The standard InChI is InChI=1S/C15H25N3O.C9H12.3CH4.Y/c1-13(2)17-12-19-15-5-8-18(9-6-15)11-14-4-3-7-16-10-14;1-8(2)9-6-4-3-5-7-9;;;;/h3-4,7,10,13,15,17H,5-6,8-9,11-12H2,1-2H3;3-8H,1-2H3;3*1H4;. The van der Waals surface area contributed by atoms with E-state index in [9.17, 15) is 0 Å². The number of aromatic nitrogens is 1. The molecule has 2 aromatic rings. The van der Waals surface area contributed by atoms with Crippen LogP contribution in [0.1, 0.15) is 79.9 Å². The number of hydrogen-bond donors (Lipinski definition) is 1. The van der Waals surface area contributed by atoms with Gasteiger partial charge in [0.1, 0.15) is 0 Å². The number of benzene rings is 1. The van der Waals surface area contributed by atoms with E-state index in [4.69, 9.17) is 4.74 Å². The van der Waals surface area contributed by atoms with Gasteiger partial charge in [-0.3, -0.25) is 15.2 Å². The number of ether oxygens (including phenoxy) is 1. The van der Waals surface area contributed by atoms with Gasteiger partial charge in [0.2, 0.25) is 0 Å². The predicted octanol–water partition coefficient (Wildman–Crippen LogP) is 6.73. The molecule has 0 amide bonds. The Bertz CT molecular complexity index is 630. The van der Waals surface area contributed by atoms with Crippen LogP contribution in [0.15, 0.2) is 54.9 Å². The zero-order valence-corrected chi connectivity index (χ0v) is 21.4. The minimum atomic E-state index is 0. The van der Waals surface area contributed by atoms with Crippen molar-refractivity contribution in [1.29, 1.82) is 0 Å². The van der Waals surface area contributed by atoms with E-state index in [-0.39, 0.29) is 55.0 Å². The molecule has 0 unspecified atom stereocenters. The molecule has 0 aliphatic carbocycles. The first-order valence-corrected chi connectivity index (χ1v) is 10.6. The Morgan fingerprint density at radius 2 is 1.59 bits per heavy atom. The summed E-state index contributed by atoms with van der Waals surface area (Å²) in [7, 11) is 0. The maximum absolute atomic E-state index is 5.84. The van der Waals surface area contributed by atoms with Gasteiger partial charge >= 0.3 is 0 Å². The van der Waals surface area contributed by atoms with Crippen molar-refractivity contribution in [2.45, 2.75) is 87.4 Å². The number of hydrogen-bond acceptors (Lipinski definition) is 4. The molecule has 0 bridgehead atoms. The largest absolute Gasteiger partial charge is 0.363 e. The number of rotatable bonds is 7. The summed E-state index contributed by atoms with van der Waals surface area (Å²) in [6.07, 6.45) is 6.44. The average molecular weight is 521 g/mol. The van der Waals surface area contributed by atoms with E-state index in [0.29, 0.717) is 24.8 Å². The van der Waals surface area contributed by atoms with Crippen LogP contribution in [0.3, 0.4) is 0 Å². The summed E-state index contributed by atoms with van der Waals surface area (Å²) in [4.78, 5) is 6.64. The molecule has 3 rings (SSSR count). The fourth-order valence-corrected chi connectivity index (χ4v) is 3.15. The summed E-state index contributed by atoms with van der Waals surface area (Å²) in [5, 5.41) is 3.30.